The van der Waals surface area contributed by atoms with E-state index >= 15 is 0 Å². The third kappa shape index (κ3) is 6.94. The van der Waals surface area contributed by atoms with Crippen molar-refractivity contribution in [1.29, 1.82) is 0 Å². The number of methoxy groups -OCH3 is 1. The first kappa shape index (κ1) is 21.3. The summed E-state index contributed by atoms with van der Waals surface area (Å²) in [5.74, 6) is 1.51. The molecule has 25 heavy (non-hydrogen) atoms. The molecule has 2 rings (SSSR count). The average Bonchev–Trinajstić information content (AvgIpc) is 2.62. The SMILES string of the molecule is CCC(NCC(O)COc1ccc(OC)cc1)c1ccc(C)cc1.Cl. The molecule has 2 atom stereocenters. The summed E-state index contributed by atoms with van der Waals surface area (Å²) in [5.41, 5.74) is 2.49. The van der Waals surface area contributed by atoms with Crippen molar-refractivity contribution in [3.8, 4) is 11.5 Å². The van der Waals surface area contributed by atoms with Crippen LogP contribution in [0.2, 0.25) is 0 Å². The fourth-order valence-electron chi connectivity index (χ4n) is 2.50. The van der Waals surface area contributed by atoms with Gasteiger partial charge in [-0.1, -0.05) is 36.8 Å². The number of aryl methyl sites for hydroxylation is 1. The number of aliphatic hydroxyl groups excluding tert-OH is 1. The highest BCUT2D eigenvalue weighted by Crippen LogP contribution is 2.18. The van der Waals surface area contributed by atoms with E-state index in [0.29, 0.717) is 6.54 Å². The molecule has 0 amide bonds. The molecule has 0 saturated carbocycles. The van der Waals surface area contributed by atoms with Crippen LogP contribution in [0.1, 0.15) is 30.5 Å². The molecule has 0 radical (unpaired) electrons. The van der Waals surface area contributed by atoms with E-state index in [1.54, 1.807) is 7.11 Å². The topological polar surface area (TPSA) is 50.7 Å². The van der Waals surface area contributed by atoms with Crippen molar-refractivity contribution in [3.05, 3.63) is 59.7 Å². The Balaban J connectivity index is 0.00000312. The van der Waals surface area contributed by atoms with Crippen molar-refractivity contribution < 1.29 is 14.6 Å². The second-order valence-corrected chi connectivity index (χ2v) is 5.92. The van der Waals surface area contributed by atoms with Gasteiger partial charge < -0.3 is 19.9 Å². The summed E-state index contributed by atoms with van der Waals surface area (Å²) in [5, 5.41) is 13.5. The minimum atomic E-state index is -0.563. The molecular weight excluding hydrogens is 338 g/mol. The van der Waals surface area contributed by atoms with E-state index in [1.807, 2.05) is 24.3 Å². The standard InChI is InChI=1S/C20H27NO3.ClH/c1-4-20(16-7-5-15(2)6-8-16)21-13-17(22)14-24-19-11-9-18(23-3)10-12-19;/h5-12,17,20-22H,4,13-14H2,1-3H3;1H. The van der Waals surface area contributed by atoms with Crippen LogP contribution in [-0.2, 0) is 0 Å². The molecule has 0 aliphatic rings. The van der Waals surface area contributed by atoms with Crippen molar-refractivity contribution in [2.45, 2.75) is 32.4 Å². The van der Waals surface area contributed by atoms with E-state index in [0.717, 1.165) is 17.9 Å². The lowest BCUT2D eigenvalue weighted by Gasteiger charge is -2.20. The highest BCUT2D eigenvalue weighted by molar-refractivity contribution is 5.85. The number of hydrogen-bond donors (Lipinski definition) is 2. The van der Waals surface area contributed by atoms with E-state index in [1.165, 1.54) is 11.1 Å². The Bertz CT molecular complexity index is 601. The smallest absolute Gasteiger partial charge is 0.119 e. The van der Waals surface area contributed by atoms with Gasteiger partial charge in [0.25, 0.3) is 0 Å². The Hall–Kier alpha value is -1.75. The van der Waals surface area contributed by atoms with Crippen molar-refractivity contribution in [1.82, 2.24) is 5.32 Å². The first-order chi connectivity index (χ1) is 11.6. The predicted molar refractivity (Wildman–Crippen MR) is 104 cm³/mol. The summed E-state index contributed by atoms with van der Waals surface area (Å²) < 4.78 is 10.7. The zero-order valence-electron chi connectivity index (χ0n) is 15.1. The van der Waals surface area contributed by atoms with Gasteiger partial charge in [-0.2, -0.15) is 0 Å². The van der Waals surface area contributed by atoms with Gasteiger partial charge in [0.05, 0.1) is 7.11 Å². The molecule has 0 heterocycles. The van der Waals surface area contributed by atoms with Crippen LogP contribution in [0, 0.1) is 6.92 Å². The van der Waals surface area contributed by atoms with Gasteiger partial charge in [0, 0.05) is 12.6 Å². The summed E-state index contributed by atoms with van der Waals surface area (Å²) >= 11 is 0. The number of nitrogens with one attached hydrogen (secondary N) is 1. The van der Waals surface area contributed by atoms with Gasteiger partial charge in [0.15, 0.2) is 0 Å². The van der Waals surface area contributed by atoms with Crippen LogP contribution in [-0.4, -0.2) is 31.5 Å². The Morgan fingerprint density at radius 1 is 1.00 bits per heavy atom. The molecular formula is C20H28ClNO3. The van der Waals surface area contributed by atoms with Gasteiger partial charge in [-0.3, -0.25) is 0 Å². The molecule has 2 unspecified atom stereocenters. The minimum Gasteiger partial charge on any atom is -0.497 e. The van der Waals surface area contributed by atoms with E-state index in [4.69, 9.17) is 9.47 Å². The monoisotopic (exact) mass is 365 g/mol. The fourth-order valence-corrected chi connectivity index (χ4v) is 2.50. The largest absolute Gasteiger partial charge is 0.497 e. The Labute approximate surface area is 156 Å². The van der Waals surface area contributed by atoms with Crippen molar-refractivity contribution in [2.75, 3.05) is 20.3 Å². The molecule has 4 nitrogen and oxygen atoms in total. The molecule has 2 aromatic carbocycles. The first-order valence-electron chi connectivity index (χ1n) is 8.37. The highest BCUT2D eigenvalue weighted by atomic mass is 35.5. The normalized spacial score (nSPS) is 12.8. The first-order valence-corrected chi connectivity index (χ1v) is 8.37. The number of halogens is 1. The number of rotatable bonds is 9. The van der Waals surface area contributed by atoms with Gasteiger partial charge in [0.1, 0.15) is 24.2 Å². The maximum absolute atomic E-state index is 10.1. The van der Waals surface area contributed by atoms with Crippen LogP contribution in [0.25, 0.3) is 0 Å². The fraction of sp³-hybridized carbons (Fsp3) is 0.400. The highest BCUT2D eigenvalue weighted by Gasteiger charge is 2.12. The molecule has 0 fully saturated rings. The van der Waals surface area contributed by atoms with Gasteiger partial charge >= 0.3 is 0 Å². The zero-order chi connectivity index (χ0) is 17.4. The van der Waals surface area contributed by atoms with Gasteiger partial charge in [-0.25, -0.2) is 0 Å². The van der Waals surface area contributed by atoms with Gasteiger partial charge in [-0.05, 0) is 43.2 Å². The van der Waals surface area contributed by atoms with Gasteiger partial charge in [0.2, 0.25) is 0 Å². The molecule has 0 aromatic heterocycles. The maximum atomic E-state index is 10.1. The third-order valence-corrected chi connectivity index (χ3v) is 3.99. The van der Waals surface area contributed by atoms with Crippen molar-refractivity contribution in [2.24, 2.45) is 0 Å². The van der Waals surface area contributed by atoms with Crippen LogP contribution in [0.15, 0.2) is 48.5 Å². The summed E-state index contributed by atoms with van der Waals surface area (Å²) in [6.07, 6.45) is 0.404. The lowest BCUT2D eigenvalue weighted by Crippen LogP contribution is -2.33. The zero-order valence-corrected chi connectivity index (χ0v) is 15.9. The number of ether oxygens (including phenoxy) is 2. The Kier molecular flexibility index (Phi) is 9.35. The van der Waals surface area contributed by atoms with E-state index < -0.39 is 6.10 Å². The predicted octanol–water partition coefficient (Wildman–Crippen LogP) is 3.91. The minimum absolute atomic E-state index is 0. The van der Waals surface area contributed by atoms with E-state index in [2.05, 4.69) is 43.4 Å². The second kappa shape index (κ2) is 11.0. The molecule has 0 aliphatic carbocycles. The average molecular weight is 366 g/mol. The molecule has 0 aliphatic heterocycles. The van der Waals surface area contributed by atoms with Crippen LogP contribution >= 0.6 is 12.4 Å². The van der Waals surface area contributed by atoms with Crippen LogP contribution in [0.4, 0.5) is 0 Å². The third-order valence-electron chi connectivity index (χ3n) is 3.99. The van der Waals surface area contributed by atoms with Gasteiger partial charge in [-0.15, -0.1) is 12.4 Å². The summed E-state index contributed by atoms with van der Waals surface area (Å²) in [6, 6.07) is 16.1. The lowest BCUT2D eigenvalue weighted by atomic mass is 10.0. The maximum Gasteiger partial charge on any atom is 0.119 e. The van der Waals surface area contributed by atoms with Crippen LogP contribution < -0.4 is 14.8 Å². The number of hydrogen-bond acceptors (Lipinski definition) is 4. The second-order valence-electron chi connectivity index (χ2n) is 5.92. The summed E-state index contributed by atoms with van der Waals surface area (Å²) in [7, 11) is 1.63. The number of benzene rings is 2. The Morgan fingerprint density at radius 3 is 2.16 bits per heavy atom. The molecule has 2 N–H and O–H groups in total. The van der Waals surface area contributed by atoms with Crippen molar-refractivity contribution >= 4 is 12.4 Å². The quantitative estimate of drug-likeness (QED) is 0.707. The Morgan fingerprint density at radius 2 is 1.60 bits per heavy atom. The van der Waals surface area contributed by atoms with E-state index in [-0.39, 0.29) is 25.1 Å². The molecule has 2 aromatic rings. The number of aliphatic hydroxyl groups is 1. The molecule has 0 spiro atoms. The summed E-state index contributed by atoms with van der Waals surface area (Å²) in [4.78, 5) is 0. The molecule has 5 heteroatoms. The van der Waals surface area contributed by atoms with E-state index in [9.17, 15) is 5.11 Å². The molecule has 0 bridgehead atoms. The lowest BCUT2D eigenvalue weighted by molar-refractivity contribution is 0.103. The molecule has 138 valence electrons. The van der Waals surface area contributed by atoms with Crippen molar-refractivity contribution in [3.63, 3.8) is 0 Å². The summed E-state index contributed by atoms with van der Waals surface area (Å²) in [6.45, 7) is 4.96. The van der Waals surface area contributed by atoms with Crippen LogP contribution in [0.5, 0.6) is 11.5 Å². The molecule has 0 saturated heterocycles. The van der Waals surface area contributed by atoms with Crippen LogP contribution in [0.3, 0.4) is 0 Å².